The maximum atomic E-state index is 11.6. The van der Waals surface area contributed by atoms with Crippen LogP contribution in [0.3, 0.4) is 0 Å². The highest BCUT2D eigenvalue weighted by Gasteiger charge is 2.30. The molecule has 0 aromatic carbocycles. The van der Waals surface area contributed by atoms with E-state index in [0.717, 1.165) is 0 Å². The molecule has 15 heavy (non-hydrogen) atoms. The fourth-order valence-electron chi connectivity index (χ4n) is 1.50. The third kappa shape index (κ3) is 1.78. The number of anilines is 1. The first-order valence-corrected chi connectivity index (χ1v) is 4.93. The molecule has 1 saturated heterocycles. The van der Waals surface area contributed by atoms with Gasteiger partial charge in [-0.1, -0.05) is 0 Å². The fraction of sp³-hybridized carbons (Fsp3) is 0.333. The van der Waals surface area contributed by atoms with Crippen molar-refractivity contribution >= 4 is 24.4 Å². The molecule has 0 spiro atoms. The van der Waals surface area contributed by atoms with Crippen LogP contribution in [-0.4, -0.2) is 27.7 Å². The molecule has 76 valence electrons. The molecule has 0 radical (unpaired) electrons. The second-order valence-electron chi connectivity index (χ2n) is 3.20. The molecule has 2 rings (SSSR count). The molecular weight excluding hydrogens is 212 g/mol. The number of carbonyl (C=O) groups is 1. The van der Waals surface area contributed by atoms with Crippen molar-refractivity contribution in [2.75, 3.05) is 11.4 Å². The van der Waals surface area contributed by atoms with Crippen molar-refractivity contribution in [1.29, 1.82) is 5.26 Å². The summed E-state index contributed by atoms with van der Waals surface area (Å²) in [6.45, 7) is 0.481. The van der Waals surface area contributed by atoms with E-state index in [0.29, 0.717) is 18.8 Å². The summed E-state index contributed by atoms with van der Waals surface area (Å²) in [6, 6.07) is 1.92. The normalized spacial score (nSPS) is 20.4. The van der Waals surface area contributed by atoms with Crippen molar-refractivity contribution in [2.24, 2.45) is 0 Å². The highest BCUT2D eigenvalue weighted by molar-refractivity contribution is 7.81. The Morgan fingerprint density at radius 3 is 2.87 bits per heavy atom. The summed E-state index contributed by atoms with van der Waals surface area (Å²) in [7, 11) is 0. The molecule has 1 aliphatic rings. The Kier molecular flexibility index (Phi) is 2.56. The minimum absolute atomic E-state index is 0.00560. The van der Waals surface area contributed by atoms with Gasteiger partial charge in [0, 0.05) is 30.6 Å². The molecule has 2 heterocycles. The van der Waals surface area contributed by atoms with Gasteiger partial charge in [-0.15, -0.1) is 0 Å². The Morgan fingerprint density at radius 1 is 1.53 bits per heavy atom. The number of hydrogen-bond acceptors (Lipinski definition) is 5. The van der Waals surface area contributed by atoms with Gasteiger partial charge in [0.15, 0.2) is 11.5 Å². The van der Waals surface area contributed by atoms with Gasteiger partial charge in [-0.2, -0.15) is 17.9 Å². The van der Waals surface area contributed by atoms with Crippen LogP contribution in [0.2, 0.25) is 0 Å². The van der Waals surface area contributed by atoms with Crippen molar-refractivity contribution in [3.63, 3.8) is 0 Å². The molecule has 1 amide bonds. The Hall–Kier alpha value is -1.61. The molecule has 1 unspecified atom stereocenters. The van der Waals surface area contributed by atoms with Crippen LogP contribution in [0.4, 0.5) is 5.82 Å². The zero-order valence-corrected chi connectivity index (χ0v) is 8.69. The predicted molar refractivity (Wildman–Crippen MR) is 56.5 cm³/mol. The average molecular weight is 220 g/mol. The van der Waals surface area contributed by atoms with Crippen molar-refractivity contribution in [3.05, 3.63) is 18.1 Å². The number of thiol groups is 1. The van der Waals surface area contributed by atoms with Crippen LogP contribution >= 0.6 is 12.6 Å². The van der Waals surface area contributed by atoms with Crippen LogP contribution < -0.4 is 4.90 Å². The Bertz CT molecular complexity index is 442. The van der Waals surface area contributed by atoms with Gasteiger partial charge in [0.25, 0.3) is 0 Å². The molecule has 0 N–H and O–H groups in total. The second-order valence-corrected chi connectivity index (χ2v) is 3.93. The minimum atomic E-state index is -0.0630. The van der Waals surface area contributed by atoms with E-state index in [-0.39, 0.29) is 16.9 Å². The Balaban J connectivity index is 2.38. The van der Waals surface area contributed by atoms with Crippen LogP contribution in [0.15, 0.2) is 12.4 Å². The number of nitriles is 1. The lowest BCUT2D eigenvalue weighted by Gasteiger charge is -2.14. The standard InChI is InChI=1S/C9H8N4OS/c10-4-7-9(12-2-1-11-7)13-5-6(15)3-8(13)14/h1-2,6,15H,3,5H2. The fourth-order valence-corrected chi connectivity index (χ4v) is 1.82. The van der Waals surface area contributed by atoms with Crippen LogP contribution in [0.1, 0.15) is 12.1 Å². The SMILES string of the molecule is N#Cc1nccnc1N1CC(S)CC1=O. The zero-order valence-electron chi connectivity index (χ0n) is 7.79. The Labute approximate surface area is 92.2 Å². The predicted octanol–water partition coefficient (Wildman–Crippen LogP) is 0.383. The van der Waals surface area contributed by atoms with Gasteiger partial charge in [-0.25, -0.2) is 9.97 Å². The summed E-state index contributed by atoms with van der Waals surface area (Å²) in [6.07, 6.45) is 3.28. The summed E-state index contributed by atoms with van der Waals surface area (Å²) in [5.74, 6) is 0.272. The van der Waals surface area contributed by atoms with E-state index in [1.165, 1.54) is 17.3 Å². The average Bonchev–Trinajstić information content (AvgIpc) is 2.57. The van der Waals surface area contributed by atoms with Crippen molar-refractivity contribution in [1.82, 2.24) is 9.97 Å². The molecule has 1 aliphatic heterocycles. The number of rotatable bonds is 1. The van der Waals surface area contributed by atoms with Gasteiger partial charge in [0.1, 0.15) is 6.07 Å². The van der Waals surface area contributed by atoms with Crippen LogP contribution in [0.5, 0.6) is 0 Å². The van der Waals surface area contributed by atoms with E-state index in [4.69, 9.17) is 5.26 Å². The number of hydrogen-bond donors (Lipinski definition) is 1. The lowest BCUT2D eigenvalue weighted by atomic mass is 10.4. The van der Waals surface area contributed by atoms with Gasteiger partial charge in [0.05, 0.1) is 0 Å². The largest absolute Gasteiger partial charge is 0.293 e. The van der Waals surface area contributed by atoms with Gasteiger partial charge >= 0.3 is 0 Å². The summed E-state index contributed by atoms with van der Waals surface area (Å²) < 4.78 is 0. The highest BCUT2D eigenvalue weighted by Crippen LogP contribution is 2.23. The Morgan fingerprint density at radius 2 is 2.27 bits per heavy atom. The van der Waals surface area contributed by atoms with Gasteiger partial charge < -0.3 is 0 Å². The molecule has 1 atom stereocenters. The van der Waals surface area contributed by atoms with Crippen LogP contribution in [-0.2, 0) is 4.79 Å². The summed E-state index contributed by atoms with van der Waals surface area (Å²) in [5, 5.41) is 8.83. The number of nitrogens with zero attached hydrogens (tertiary/aromatic N) is 4. The quantitative estimate of drug-likeness (QED) is 0.695. The van der Waals surface area contributed by atoms with Crippen molar-refractivity contribution < 1.29 is 4.79 Å². The summed E-state index contributed by atoms with van der Waals surface area (Å²) in [4.78, 5) is 20.9. The number of carbonyl (C=O) groups excluding carboxylic acids is 1. The molecule has 1 fully saturated rings. The number of aromatic nitrogens is 2. The van der Waals surface area contributed by atoms with E-state index >= 15 is 0 Å². The van der Waals surface area contributed by atoms with Gasteiger partial charge in [-0.05, 0) is 0 Å². The molecule has 1 aromatic rings. The molecule has 0 saturated carbocycles. The smallest absolute Gasteiger partial charge is 0.229 e. The second kappa shape index (κ2) is 3.87. The van der Waals surface area contributed by atoms with E-state index in [2.05, 4.69) is 22.6 Å². The highest BCUT2D eigenvalue weighted by atomic mass is 32.1. The first kappa shape index (κ1) is 9.93. The molecule has 5 nitrogen and oxygen atoms in total. The molecule has 6 heteroatoms. The van der Waals surface area contributed by atoms with Crippen LogP contribution in [0, 0.1) is 11.3 Å². The van der Waals surface area contributed by atoms with Gasteiger partial charge in [-0.3, -0.25) is 9.69 Å². The first-order chi connectivity index (χ1) is 7.22. The topological polar surface area (TPSA) is 69.9 Å². The first-order valence-electron chi connectivity index (χ1n) is 4.42. The maximum Gasteiger partial charge on any atom is 0.229 e. The number of amides is 1. The van der Waals surface area contributed by atoms with Crippen LogP contribution in [0.25, 0.3) is 0 Å². The molecule has 1 aromatic heterocycles. The van der Waals surface area contributed by atoms with Crippen molar-refractivity contribution in [2.45, 2.75) is 11.7 Å². The van der Waals surface area contributed by atoms with E-state index in [9.17, 15) is 4.79 Å². The monoisotopic (exact) mass is 220 g/mol. The molecular formula is C9H8N4OS. The summed E-state index contributed by atoms with van der Waals surface area (Å²) >= 11 is 4.23. The zero-order chi connectivity index (χ0) is 10.8. The van der Waals surface area contributed by atoms with E-state index < -0.39 is 0 Å². The summed E-state index contributed by atoms with van der Waals surface area (Å²) in [5.41, 5.74) is 0.174. The third-order valence-electron chi connectivity index (χ3n) is 2.15. The molecule has 0 aliphatic carbocycles. The maximum absolute atomic E-state index is 11.6. The third-order valence-corrected chi connectivity index (χ3v) is 2.49. The minimum Gasteiger partial charge on any atom is -0.293 e. The van der Waals surface area contributed by atoms with E-state index in [1.807, 2.05) is 6.07 Å². The lowest BCUT2D eigenvalue weighted by molar-refractivity contribution is -0.117. The molecule has 0 bridgehead atoms. The van der Waals surface area contributed by atoms with Crippen molar-refractivity contribution in [3.8, 4) is 6.07 Å². The van der Waals surface area contributed by atoms with E-state index in [1.54, 1.807) is 0 Å². The lowest BCUT2D eigenvalue weighted by Crippen LogP contribution is -2.26. The van der Waals surface area contributed by atoms with Gasteiger partial charge in [0.2, 0.25) is 5.91 Å².